The van der Waals surface area contributed by atoms with Crippen molar-refractivity contribution in [2.75, 3.05) is 7.05 Å². The van der Waals surface area contributed by atoms with E-state index in [1.54, 1.807) is 14.0 Å². The Morgan fingerprint density at radius 3 is 2.31 bits per heavy atom. The van der Waals surface area contributed by atoms with Crippen LogP contribution >= 0.6 is 0 Å². The molecule has 1 amide bonds. The largest absolute Gasteiger partial charge is 0.300 e. The highest BCUT2D eigenvalue weighted by Gasteiger charge is 2.28. The summed E-state index contributed by atoms with van der Waals surface area (Å²) < 4.78 is 0. The van der Waals surface area contributed by atoms with Crippen molar-refractivity contribution in [2.24, 2.45) is 0 Å². The molecule has 0 heterocycles. The quantitative estimate of drug-likeness (QED) is 0.696. The fourth-order valence-corrected chi connectivity index (χ4v) is 1.47. The number of carbonyl (C=O) groups is 2. The maximum atomic E-state index is 11.2. The first-order valence-electron chi connectivity index (χ1n) is 5.22. The van der Waals surface area contributed by atoms with Crippen molar-refractivity contribution in [1.29, 1.82) is 0 Å². The van der Waals surface area contributed by atoms with Crippen LogP contribution in [0.2, 0.25) is 0 Å². The van der Waals surface area contributed by atoms with Gasteiger partial charge in [-0.1, -0.05) is 0 Å². The van der Waals surface area contributed by atoms with Gasteiger partial charge in [-0.15, -0.1) is 0 Å². The molecule has 1 aliphatic rings. The molecular weight excluding hydrogens is 204 g/mol. The smallest absolute Gasteiger partial charge is 0.233 e. The molecule has 0 aromatic heterocycles. The van der Waals surface area contributed by atoms with E-state index in [0.717, 1.165) is 5.92 Å². The third-order valence-corrected chi connectivity index (χ3v) is 2.40. The Morgan fingerprint density at radius 1 is 1.31 bits per heavy atom. The lowest BCUT2D eigenvalue weighted by Gasteiger charge is -2.28. The van der Waals surface area contributed by atoms with Crippen LogP contribution in [0.1, 0.15) is 20.3 Å². The van der Waals surface area contributed by atoms with Gasteiger partial charge in [-0.3, -0.25) is 14.6 Å². The van der Waals surface area contributed by atoms with Crippen molar-refractivity contribution < 1.29 is 9.59 Å². The number of ketones is 1. The Labute approximate surface area is 97.4 Å². The van der Waals surface area contributed by atoms with Crippen LogP contribution in [0.4, 0.5) is 0 Å². The predicted octanol–water partition coefficient (Wildman–Crippen LogP) is 0.722. The van der Waals surface area contributed by atoms with Gasteiger partial charge in [-0.25, -0.2) is 5.43 Å². The van der Waals surface area contributed by atoms with E-state index in [2.05, 4.69) is 5.43 Å². The van der Waals surface area contributed by atoms with E-state index >= 15 is 0 Å². The third-order valence-electron chi connectivity index (χ3n) is 2.40. The number of nitrogens with zero attached hydrogens (tertiary/aromatic N) is 1. The standard InChI is InChI=1S/C12H17N2O2/c1-9(15)8-12(11-6-4-5-7-11)13-14(3)10(2)16/h4-7,12-13H,8H2,1-3H3. The van der Waals surface area contributed by atoms with E-state index in [4.69, 9.17) is 0 Å². The van der Waals surface area contributed by atoms with E-state index in [0.29, 0.717) is 6.42 Å². The molecule has 5 radical (unpaired) electrons. The average molecular weight is 221 g/mol. The lowest BCUT2D eigenvalue weighted by molar-refractivity contribution is -0.131. The summed E-state index contributed by atoms with van der Waals surface area (Å²) in [5.41, 5.74) is 3.01. The number of nitrogens with one attached hydrogen (secondary N) is 1. The molecule has 1 saturated carbocycles. The predicted molar refractivity (Wildman–Crippen MR) is 61.1 cm³/mol. The molecule has 1 N–H and O–H groups in total. The van der Waals surface area contributed by atoms with E-state index in [-0.39, 0.29) is 17.7 Å². The van der Waals surface area contributed by atoms with Gasteiger partial charge in [0.2, 0.25) is 5.91 Å². The first-order valence-corrected chi connectivity index (χ1v) is 5.22. The maximum Gasteiger partial charge on any atom is 0.233 e. The van der Waals surface area contributed by atoms with Crippen LogP contribution in [-0.2, 0) is 9.59 Å². The molecule has 0 aromatic carbocycles. The van der Waals surface area contributed by atoms with E-state index < -0.39 is 0 Å². The summed E-state index contributed by atoms with van der Waals surface area (Å²) >= 11 is 0. The minimum atomic E-state index is -0.138. The number of hydrogen-bond acceptors (Lipinski definition) is 3. The van der Waals surface area contributed by atoms with Crippen molar-refractivity contribution in [3.8, 4) is 0 Å². The fraction of sp³-hybridized carbons (Fsp3) is 0.417. The van der Waals surface area contributed by atoms with Gasteiger partial charge in [0.25, 0.3) is 0 Å². The first-order chi connectivity index (χ1) is 7.50. The summed E-state index contributed by atoms with van der Waals surface area (Å²) in [5, 5.41) is 1.40. The second-order valence-corrected chi connectivity index (χ2v) is 3.88. The molecule has 16 heavy (non-hydrogen) atoms. The Kier molecular flexibility index (Phi) is 4.93. The van der Waals surface area contributed by atoms with Gasteiger partial charge in [0.1, 0.15) is 5.78 Å². The van der Waals surface area contributed by atoms with Gasteiger partial charge < -0.3 is 0 Å². The molecule has 4 heteroatoms. The Bertz CT molecular complexity index is 260. The van der Waals surface area contributed by atoms with Crippen LogP contribution in [0.25, 0.3) is 0 Å². The Balaban J connectivity index is 2.55. The van der Waals surface area contributed by atoms with E-state index in [9.17, 15) is 9.59 Å². The molecule has 1 fully saturated rings. The topological polar surface area (TPSA) is 49.4 Å². The summed E-state index contributed by atoms with van der Waals surface area (Å²) in [5.74, 6) is 1.03. The summed E-state index contributed by atoms with van der Waals surface area (Å²) in [6.45, 7) is 3.02. The third kappa shape index (κ3) is 3.93. The number of Topliss-reactive ketones (excluding diaryl/α,β-unsaturated/α-hetero) is 1. The van der Waals surface area contributed by atoms with Gasteiger partial charge in [0, 0.05) is 32.4 Å². The highest BCUT2D eigenvalue weighted by molar-refractivity contribution is 5.77. The minimum Gasteiger partial charge on any atom is -0.300 e. The molecular formula is C12H17N2O2. The van der Waals surface area contributed by atoms with Crippen molar-refractivity contribution in [3.05, 3.63) is 31.6 Å². The molecule has 0 aromatic rings. The molecule has 0 aliphatic heterocycles. The number of hydrazine groups is 1. The molecule has 4 nitrogen and oxygen atoms in total. The summed E-state index contributed by atoms with van der Waals surface area (Å²) in [4.78, 5) is 22.3. The highest BCUT2D eigenvalue weighted by Crippen LogP contribution is 2.28. The molecule has 1 rings (SSSR count). The summed E-state index contributed by atoms with van der Waals surface area (Å²) in [6.07, 6.45) is 8.08. The highest BCUT2D eigenvalue weighted by atomic mass is 16.2. The van der Waals surface area contributed by atoms with Crippen LogP contribution in [-0.4, -0.2) is 29.8 Å². The van der Waals surface area contributed by atoms with Crippen molar-refractivity contribution in [2.45, 2.75) is 26.3 Å². The number of rotatable bonds is 5. The van der Waals surface area contributed by atoms with Crippen molar-refractivity contribution in [3.63, 3.8) is 0 Å². The van der Waals surface area contributed by atoms with Crippen LogP contribution in [0.15, 0.2) is 0 Å². The second-order valence-electron chi connectivity index (χ2n) is 3.88. The average Bonchev–Trinajstić information content (AvgIpc) is 2.68. The zero-order valence-corrected chi connectivity index (χ0v) is 9.86. The van der Waals surface area contributed by atoms with Gasteiger partial charge >= 0.3 is 0 Å². The lowest BCUT2D eigenvalue weighted by Crippen LogP contribution is -2.47. The number of hydrogen-bond donors (Lipinski definition) is 1. The van der Waals surface area contributed by atoms with Crippen LogP contribution < -0.4 is 5.43 Å². The lowest BCUT2D eigenvalue weighted by atomic mass is 9.94. The molecule has 1 aliphatic carbocycles. The summed E-state index contributed by atoms with van der Waals surface area (Å²) in [7, 11) is 1.65. The van der Waals surface area contributed by atoms with Crippen LogP contribution in [0.5, 0.6) is 0 Å². The van der Waals surface area contributed by atoms with Gasteiger partial charge in [-0.2, -0.15) is 0 Å². The maximum absolute atomic E-state index is 11.2. The van der Waals surface area contributed by atoms with Crippen molar-refractivity contribution >= 4 is 11.7 Å². The molecule has 1 atom stereocenters. The molecule has 0 bridgehead atoms. The second kappa shape index (κ2) is 5.99. The fourth-order valence-electron chi connectivity index (χ4n) is 1.47. The van der Waals surface area contributed by atoms with E-state index in [1.807, 2.05) is 25.7 Å². The van der Waals surface area contributed by atoms with Gasteiger partial charge in [0.05, 0.1) is 0 Å². The Hall–Kier alpha value is -0.900. The number of amides is 1. The zero-order valence-electron chi connectivity index (χ0n) is 9.86. The first kappa shape index (κ1) is 13.2. The molecule has 0 spiro atoms. The van der Waals surface area contributed by atoms with Crippen LogP contribution in [0.3, 0.4) is 0 Å². The van der Waals surface area contributed by atoms with Crippen molar-refractivity contribution in [1.82, 2.24) is 10.4 Å². The zero-order chi connectivity index (χ0) is 12.1. The molecule has 1 unspecified atom stereocenters. The minimum absolute atomic E-state index is 0.0832. The van der Waals surface area contributed by atoms with E-state index in [1.165, 1.54) is 11.9 Å². The summed E-state index contributed by atoms with van der Waals surface area (Å²) in [6, 6.07) is -0.138. The number of carbonyl (C=O) groups excluding carboxylic acids is 2. The Morgan fingerprint density at radius 2 is 1.88 bits per heavy atom. The normalized spacial score (nSPS) is 18.4. The van der Waals surface area contributed by atoms with Gasteiger partial charge in [-0.05, 0) is 32.6 Å². The SMILES string of the molecule is CC(=O)CC(NN(C)C(C)=O)[C]1[CH][CH][CH][CH]1. The molecule has 0 saturated heterocycles. The molecule has 87 valence electrons. The monoisotopic (exact) mass is 221 g/mol. The van der Waals surface area contributed by atoms with Gasteiger partial charge in [0.15, 0.2) is 0 Å². The van der Waals surface area contributed by atoms with Crippen LogP contribution in [0, 0.1) is 31.6 Å².